The lowest BCUT2D eigenvalue weighted by Crippen LogP contribution is -2.29. The Morgan fingerprint density at radius 3 is 1.59 bits per heavy atom. The van der Waals surface area contributed by atoms with Crippen molar-refractivity contribution in [2.45, 2.75) is 53.4 Å². The SMILES string of the molecule is CCC(C)(c1ccc(O)cc1)c1ccc(OC(=O)c2ccc(Oc3ccc(C(=O)C(C)(C)C(C)C)cc3)cc2)cc1. The van der Waals surface area contributed by atoms with Crippen LogP contribution in [0.3, 0.4) is 0 Å². The molecule has 4 rings (SSSR count). The molecule has 41 heavy (non-hydrogen) atoms. The smallest absolute Gasteiger partial charge is 0.343 e. The maximum absolute atomic E-state index is 12.9. The number of benzene rings is 4. The molecule has 1 N–H and O–H groups in total. The number of Topliss-reactive ketones (excluding diaryl/α,β-unsaturated/α-hetero) is 1. The van der Waals surface area contributed by atoms with Gasteiger partial charge in [-0.2, -0.15) is 0 Å². The number of carbonyl (C=O) groups is 2. The van der Waals surface area contributed by atoms with Crippen molar-refractivity contribution in [2.75, 3.05) is 0 Å². The first-order valence-corrected chi connectivity index (χ1v) is 14.0. The van der Waals surface area contributed by atoms with Crippen molar-refractivity contribution >= 4 is 11.8 Å². The van der Waals surface area contributed by atoms with E-state index in [0.717, 1.165) is 17.5 Å². The molecule has 5 nitrogen and oxygen atoms in total. The first kappa shape index (κ1) is 29.6. The molecule has 0 aliphatic rings. The number of phenols is 1. The van der Waals surface area contributed by atoms with Gasteiger partial charge in [-0.3, -0.25) is 4.79 Å². The van der Waals surface area contributed by atoms with Crippen LogP contribution in [0.15, 0.2) is 97.1 Å². The van der Waals surface area contributed by atoms with Crippen LogP contribution in [0.5, 0.6) is 23.0 Å². The minimum Gasteiger partial charge on any atom is -0.508 e. The maximum Gasteiger partial charge on any atom is 0.343 e. The van der Waals surface area contributed by atoms with Crippen molar-refractivity contribution in [1.82, 2.24) is 0 Å². The number of carbonyl (C=O) groups excluding carboxylic acids is 2. The standard InChI is InChI=1S/C36H38O5/c1-7-36(6,27-12-16-29(37)17-13-27)28-14-22-32(23-15-28)41-34(39)26-10-20-31(21-11-26)40-30-18-8-25(9-19-30)33(38)35(4,5)24(2)3/h8-24,37H,7H2,1-6H3. The van der Waals surface area contributed by atoms with E-state index in [4.69, 9.17) is 9.47 Å². The molecule has 1 unspecified atom stereocenters. The first-order chi connectivity index (χ1) is 19.4. The Morgan fingerprint density at radius 2 is 1.12 bits per heavy atom. The fraction of sp³-hybridized carbons (Fsp3) is 0.278. The lowest BCUT2D eigenvalue weighted by Gasteiger charge is -2.30. The predicted molar refractivity (Wildman–Crippen MR) is 162 cm³/mol. The second-order valence-corrected chi connectivity index (χ2v) is 11.5. The van der Waals surface area contributed by atoms with E-state index in [2.05, 4.69) is 13.8 Å². The zero-order valence-electron chi connectivity index (χ0n) is 24.6. The minimum atomic E-state index is -0.461. The van der Waals surface area contributed by atoms with E-state index in [-0.39, 0.29) is 22.9 Å². The average Bonchev–Trinajstić information content (AvgIpc) is 2.97. The summed E-state index contributed by atoms with van der Waals surface area (Å²) in [5.74, 6) is 1.74. The van der Waals surface area contributed by atoms with Crippen molar-refractivity contribution in [1.29, 1.82) is 0 Å². The van der Waals surface area contributed by atoms with Crippen LogP contribution in [0.25, 0.3) is 0 Å². The Balaban J connectivity index is 1.38. The maximum atomic E-state index is 12.9. The van der Waals surface area contributed by atoms with Gasteiger partial charge in [-0.1, -0.05) is 65.8 Å². The van der Waals surface area contributed by atoms with Crippen molar-refractivity contribution in [3.8, 4) is 23.0 Å². The molecule has 0 saturated carbocycles. The van der Waals surface area contributed by atoms with Crippen LogP contribution in [0, 0.1) is 11.3 Å². The van der Waals surface area contributed by atoms with Crippen LogP contribution in [0.4, 0.5) is 0 Å². The molecule has 0 heterocycles. The van der Waals surface area contributed by atoms with Crippen molar-refractivity contribution < 1.29 is 24.2 Å². The molecule has 0 saturated heterocycles. The zero-order chi connectivity index (χ0) is 29.8. The largest absolute Gasteiger partial charge is 0.508 e. The van der Waals surface area contributed by atoms with E-state index >= 15 is 0 Å². The lowest BCUT2D eigenvalue weighted by atomic mass is 9.74. The summed E-state index contributed by atoms with van der Waals surface area (Å²) in [6.07, 6.45) is 0.865. The molecule has 212 valence electrons. The van der Waals surface area contributed by atoms with Gasteiger partial charge < -0.3 is 14.6 Å². The number of esters is 1. The van der Waals surface area contributed by atoms with E-state index in [1.807, 2.05) is 52.0 Å². The fourth-order valence-electron chi connectivity index (χ4n) is 4.56. The molecule has 0 aromatic heterocycles. The van der Waals surface area contributed by atoms with E-state index in [9.17, 15) is 14.7 Å². The third-order valence-electron chi connectivity index (χ3n) is 8.38. The highest BCUT2D eigenvalue weighted by atomic mass is 16.5. The number of ether oxygens (including phenoxy) is 2. The van der Waals surface area contributed by atoms with Crippen molar-refractivity contribution in [3.63, 3.8) is 0 Å². The van der Waals surface area contributed by atoms with Crippen LogP contribution in [0.2, 0.25) is 0 Å². The Kier molecular flexibility index (Phi) is 8.67. The molecule has 0 bridgehead atoms. The van der Waals surface area contributed by atoms with Gasteiger partial charge in [0.15, 0.2) is 5.78 Å². The van der Waals surface area contributed by atoms with Gasteiger partial charge >= 0.3 is 5.97 Å². The summed E-state index contributed by atoms with van der Waals surface area (Å²) >= 11 is 0. The summed E-state index contributed by atoms with van der Waals surface area (Å²) in [5.41, 5.74) is 2.56. The monoisotopic (exact) mass is 550 g/mol. The summed E-state index contributed by atoms with van der Waals surface area (Å²) in [6.45, 7) is 12.3. The molecule has 0 amide bonds. The van der Waals surface area contributed by atoms with Crippen molar-refractivity contribution in [2.24, 2.45) is 11.3 Å². The quantitative estimate of drug-likeness (QED) is 0.121. The molecular weight excluding hydrogens is 512 g/mol. The van der Waals surface area contributed by atoms with Gasteiger partial charge in [0.2, 0.25) is 0 Å². The molecule has 0 aliphatic heterocycles. The Labute approximate surface area is 242 Å². The van der Waals surface area contributed by atoms with Crippen LogP contribution in [0.1, 0.15) is 79.8 Å². The Bertz CT molecular complexity index is 1480. The molecular formula is C36H38O5. The molecule has 0 spiro atoms. The molecule has 0 radical (unpaired) electrons. The number of phenolic OH excluding ortho intramolecular Hbond substituents is 1. The van der Waals surface area contributed by atoms with Gasteiger partial charge in [-0.25, -0.2) is 4.79 Å². The molecule has 4 aromatic rings. The molecule has 5 heteroatoms. The van der Waals surface area contributed by atoms with Gasteiger partial charge in [-0.05, 0) is 96.3 Å². The highest BCUT2D eigenvalue weighted by Crippen LogP contribution is 2.37. The number of hydrogen-bond acceptors (Lipinski definition) is 5. The predicted octanol–water partition coefficient (Wildman–Crippen LogP) is 8.98. The van der Waals surface area contributed by atoms with Crippen LogP contribution in [-0.2, 0) is 5.41 Å². The third-order valence-corrected chi connectivity index (χ3v) is 8.38. The molecule has 4 aromatic carbocycles. The summed E-state index contributed by atoms with van der Waals surface area (Å²) in [5, 5.41) is 9.66. The number of ketones is 1. The van der Waals surface area contributed by atoms with Crippen LogP contribution < -0.4 is 9.47 Å². The summed E-state index contributed by atoms with van der Waals surface area (Å²) in [6, 6.07) is 28.7. The summed E-state index contributed by atoms with van der Waals surface area (Å²) in [7, 11) is 0. The Morgan fingerprint density at radius 1 is 0.683 bits per heavy atom. The minimum absolute atomic E-state index is 0.105. The van der Waals surface area contributed by atoms with E-state index < -0.39 is 11.4 Å². The Hall–Kier alpha value is -4.38. The number of rotatable bonds is 10. The number of hydrogen-bond donors (Lipinski definition) is 1. The molecule has 0 aliphatic carbocycles. The zero-order valence-corrected chi connectivity index (χ0v) is 24.6. The van der Waals surface area contributed by atoms with Gasteiger partial charge in [0.05, 0.1) is 5.56 Å². The van der Waals surface area contributed by atoms with Crippen LogP contribution >= 0.6 is 0 Å². The second kappa shape index (κ2) is 12.0. The summed E-state index contributed by atoms with van der Waals surface area (Å²) in [4.78, 5) is 25.6. The average molecular weight is 551 g/mol. The van der Waals surface area contributed by atoms with E-state index in [1.165, 1.54) is 0 Å². The summed E-state index contributed by atoms with van der Waals surface area (Å²) < 4.78 is 11.5. The normalized spacial score (nSPS) is 13.0. The molecule has 1 atom stereocenters. The first-order valence-electron chi connectivity index (χ1n) is 14.0. The molecule has 0 fully saturated rings. The van der Waals surface area contributed by atoms with E-state index in [0.29, 0.717) is 28.4 Å². The van der Waals surface area contributed by atoms with Crippen molar-refractivity contribution in [3.05, 3.63) is 119 Å². The van der Waals surface area contributed by atoms with Gasteiger partial charge in [0.25, 0.3) is 0 Å². The highest BCUT2D eigenvalue weighted by molar-refractivity contribution is 6.00. The van der Waals surface area contributed by atoms with E-state index in [1.54, 1.807) is 72.8 Å². The van der Waals surface area contributed by atoms with Gasteiger partial charge in [0.1, 0.15) is 23.0 Å². The highest BCUT2D eigenvalue weighted by Gasteiger charge is 2.32. The van der Waals surface area contributed by atoms with Gasteiger partial charge in [-0.15, -0.1) is 0 Å². The topological polar surface area (TPSA) is 72.8 Å². The third kappa shape index (κ3) is 6.51. The second-order valence-electron chi connectivity index (χ2n) is 11.5. The fourth-order valence-corrected chi connectivity index (χ4v) is 4.56. The number of aromatic hydroxyl groups is 1. The van der Waals surface area contributed by atoms with Gasteiger partial charge in [0, 0.05) is 16.4 Å². The lowest BCUT2D eigenvalue weighted by molar-refractivity contribution is 0.0733. The van der Waals surface area contributed by atoms with Crippen LogP contribution in [-0.4, -0.2) is 16.9 Å².